The minimum atomic E-state index is -1.02. The Morgan fingerprint density at radius 1 is 1.56 bits per heavy atom. The third kappa shape index (κ3) is 2.21. The van der Waals surface area contributed by atoms with Crippen molar-refractivity contribution < 1.29 is 14.6 Å². The van der Waals surface area contributed by atoms with Crippen LogP contribution in [0.25, 0.3) is 11.4 Å². The van der Waals surface area contributed by atoms with Crippen LogP contribution in [0.4, 0.5) is 5.69 Å². The van der Waals surface area contributed by atoms with Crippen LogP contribution in [-0.4, -0.2) is 38.4 Å². The van der Waals surface area contributed by atoms with Gasteiger partial charge in [0, 0.05) is 5.56 Å². The van der Waals surface area contributed by atoms with Crippen LogP contribution in [0, 0.1) is 0 Å². The van der Waals surface area contributed by atoms with Crippen LogP contribution in [0.15, 0.2) is 18.2 Å². The van der Waals surface area contributed by atoms with E-state index in [1.54, 1.807) is 18.2 Å². The Balaban J connectivity index is 2.40. The van der Waals surface area contributed by atoms with Crippen LogP contribution < -0.4 is 10.5 Å². The van der Waals surface area contributed by atoms with Gasteiger partial charge in [0.25, 0.3) is 0 Å². The second kappa shape index (κ2) is 4.70. The largest absolute Gasteiger partial charge is 0.495 e. The summed E-state index contributed by atoms with van der Waals surface area (Å²) in [4.78, 5) is 10.7. The van der Waals surface area contributed by atoms with E-state index in [9.17, 15) is 4.79 Å². The molecule has 0 bridgehead atoms. The van der Waals surface area contributed by atoms with E-state index in [0.717, 1.165) is 0 Å². The maximum Gasteiger partial charge on any atom is 0.325 e. The number of aromatic nitrogens is 4. The molecule has 0 aliphatic heterocycles. The highest BCUT2D eigenvalue weighted by molar-refractivity contribution is 5.69. The lowest BCUT2D eigenvalue weighted by Gasteiger charge is -2.06. The van der Waals surface area contributed by atoms with Crippen molar-refractivity contribution in [1.82, 2.24) is 20.2 Å². The summed E-state index contributed by atoms with van der Waals surface area (Å²) in [5.74, 6) is -0.146. The maximum atomic E-state index is 10.7. The first-order valence-corrected chi connectivity index (χ1v) is 5.03. The van der Waals surface area contributed by atoms with Gasteiger partial charge in [-0.3, -0.25) is 4.79 Å². The molecule has 0 aliphatic carbocycles. The average Bonchev–Trinajstić information content (AvgIpc) is 2.76. The molecule has 1 heterocycles. The van der Waals surface area contributed by atoms with Crippen molar-refractivity contribution in [2.24, 2.45) is 0 Å². The SMILES string of the molecule is COc1ccc(-c2nnnn2CC(=O)O)cc1N. The molecule has 0 saturated heterocycles. The van der Waals surface area contributed by atoms with Gasteiger partial charge in [0.2, 0.25) is 0 Å². The van der Waals surface area contributed by atoms with E-state index in [0.29, 0.717) is 22.8 Å². The van der Waals surface area contributed by atoms with Crippen LogP contribution >= 0.6 is 0 Å². The number of nitrogen functional groups attached to an aromatic ring is 1. The van der Waals surface area contributed by atoms with Gasteiger partial charge in [-0.15, -0.1) is 5.10 Å². The van der Waals surface area contributed by atoms with Crippen molar-refractivity contribution in [1.29, 1.82) is 0 Å². The molecular formula is C10H11N5O3. The first-order valence-electron chi connectivity index (χ1n) is 5.03. The highest BCUT2D eigenvalue weighted by Crippen LogP contribution is 2.26. The molecule has 18 heavy (non-hydrogen) atoms. The number of hydrogen-bond acceptors (Lipinski definition) is 6. The summed E-state index contributed by atoms with van der Waals surface area (Å²) in [6, 6.07) is 5.01. The summed E-state index contributed by atoms with van der Waals surface area (Å²) in [7, 11) is 1.51. The van der Waals surface area contributed by atoms with E-state index in [1.807, 2.05) is 0 Å². The molecule has 1 aromatic heterocycles. The van der Waals surface area contributed by atoms with Gasteiger partial charge in [-0.25, -0.2) is 4.68 Å². The highest BCUT2D eigenvalue weighted by atomic mass is 16.5. The predicted molar refractivity (Wildman–Crippen MR) is 61.9 cm³/mol. The van der Waals surface area contributed by atoms with Gasteiger partial charge < -0.3 is 15.6 Å². The highest BCUT2D eigenvalue weighted by Gasteiger charge is 2.12. The number of aliphatic carboxylic acids is 1. The number of rotatable bonds is 4. The van der Waals surface area contributed by atoms with Gasteiger partial charge in [-0.2, -0.15) is 0 Å². The molecule has 0 saturated carbocycles. The number of carboxylic acids is 1. The van der Waals surface area contributed by atoms with Crippen LogP contribution in [0.1, 0.15) is 0 Å². The first kappa shape index (κ1) is 11.8. The van der Waals surface area contributed by atoms with Gasteiger partial charge in [-0.1, -0.05) is 0 Å². The number of methoxy groups -OCH3 is 1. The quantitative estimate of drug-likeness (QED) is 0.733. The Kier molecular flexibility index (Phi) is 3.09. The zero-order chi connectivity index (χ0) is 13.1. The van der Waals surface area contributed by atoms with E-state index in [-0.39, 0.29) is 6.54 Å². The molecule has 8 nitrogen and oxygen atoms in total. The Bertz CT molecular complexity index is 581. The predicted octanol–water partition coefficient (Wildman–Crippen LogP) is 0.0155. The molecule has 8 heteroatoms. The van der Waals surface area contributed by atoms with Crippen molar-refractivity contribution in [3.63, 3.8) is 0 Å². The minimum absolute atomic E-state index is 0.311. The lowest BCUT2D eigenvalue weighted by atomic mass is 10.2. The van der Waals surface area contributed by atoms with Crippen molar-refractivity contribution in [3.05, 3.63) is 18.2 Å². The number of ether oxygens (including phenoxy) is 1. The molecule has 2 aromatic rings. The van der Waals surface area contributed by atoms with E-state index < -0.39 is 5.97 Å². The molecule has 94 valence electrons. The van der Waals surface area contributed by atoms with Crippen molar-refractivity contribution in [3.8, 4) is 17.1 Å². The lowest BCUT2D eigenvalue weighted by molar-refractivity contribution is -0.137. The average molecular weight is 249 g/mol. The molecule has 0 radical (unpaired) electrons. The Morgan fingerprint density at radius 2 is 2.33 bits per heavy atom. The number of hydrogen-bond donors (Lipinski definition) is 2. The molecule has 2 rings (SSSR count). The van der Waals surface area contributed by atoms with Crippen molar-refractivity contribution in [2.75, 3.05) is 12.8 Å². The summed E-state index contributed by atoms with van der Waals surface area (Å²) in [5, 5.41) is 19.6. The van der Waals surface area contributed by atoms with Gasteiger partial charge in [0.05, 0.1) is 12.8 Å². The minimum Gasteiger partial charge on any atom is -0.495 e. The van der Waals surface area contributed by atoms with Crippen LogP contribution in [0.5, 0.6) is 5.75 Å². The Hall–Kier alpha value is -2.64. The second-order valence-electron chi connectivity index (χ2n) is 3.51. The summed E-state index contributed by atoms with van der Waals surface area (Å²) in [6.45, 7) is -0.311. The number of carbonyl (C=O) groups is 1. The molecule has 3 N–H and O–H groups in total. The fraction of sp³-hybridized carbons (Fsp3) is 0.200. The number of tetrazole rings is 1. The number of benzene rings is 1. The summed E-state index contributed by atoms with van der Waals surface area (Å²) in [5.41, 5.74) is 6.83. The maximum absolute atomic E-state index is 10.7. The molecule has 0 atom stereocenters. The lowest BCUT2D eigenvalue weighted by Crippen LogP contribution is -2.11. The smallest absolute Gasteiger partial charge is 0.325 e. The van der Waals surface area contributed by atoms with Crippen LogP contribution in [0.2, 0.25) is 0 Å². The Labute approximate surface area is 102 Å². The van der Waals surface area contributed by atoms with Gasteiger partial charge in [0.15, 0.2) is 5.82 Å². The fourth-order valence-electron chi connectivity index (χ4n) is 1.52. The van der Waals surface area contributed by atoms with Gasteiger partial charge in [-0.05, 0) is 28.6 Å². The molecule has 0 unspecified atom stereocenters. The summed E-state index contributed by atoms with van der Waals surface area (Å²) < 4.78 is 6.22. The van der Waals surface area contributed by atoms with E-state index in [2.05, 4.69) is 15.5 Å². The number of carboxylic acid groups (broad SMARTS) is 1. The van der Waals surface area contributed by atoms with Gasteiger partial charge >= 0.3 is 5.97 Å². The van der Waals surface area contributed by atoms with E-state index in [1.165, 1.54) is 11.8 Å². The zero-order valence-electron chi connectivity index (χ0n) is 9.57. The molecule has 0 amide bonds. The topological polar surface area (TPSA) is 116 Å². The normalized spacial score (nSPS) is 10.3. The van der Waals surface area contributed by atoms with E-state index >= 15 is 0 Å². The molecule has 0 aliphatic rings. The monoisotopic (exact) mass is 249 g/mol. The molecule has 0 spiro atoms. The molecule has 1 aromatic carbocycles. The standard InChI is InChI=1S/C10H11N5O3/c1-18-8-3-2-6(4-7(8)11)10-12-13-14-15(10)5-9(16)17/h2-4H,5,11H2,1H3,(H,16,17). The molecule has 0 fully saturated rings. The first-order chi connectivity index (χ1) is 8.61. The van der Waals surface area contributed by atoms with Crippen molar-refractivity contribution in [2.45, 2.75) is 6.54 Å². The van der Waals surface area contributed by atoms with Gasteiger partial charge in [0.1, 0.15) is 12.3 Å². The number of nitrogens with two attached hydrogens (primary N) is 1. The zero-order valence-corrected chi connectivity index (χ0v) is 9.57. The number of anilines is 1. The molecular weight excluding hydrogens is 238 g/mol. The number of nitrogens with zero attached hydrogens (tertiary/aromatic N) is 4. The van der Waals surface area contributed by atoms with Crippen LogP contribution in [0.3, 0.4) is 0 Å². The Morgan fingerprint density at radius 3 is 2.94 bits per heavy atom. The van der Waals surface area contributed by atoms with Crippen LogP contribution in [-0.2, 0) is 11.3 Å². The fourth-order valence-corrected chi connectivity index (χ4v) is 1.52. The third-order valence-electron chi connectivity index (χ3n) is 2.30. The second-order valence-corrected chi connectivity index (χ2v) is 3.51. The summed E-state index contributed by atoms with van der Waals surface area (Å²) in [6.07, 6.45) is 0. The third-order valence-corrected chi connectivity index (χ3v) is 2.30. The van der Waals surface area contributed by atoms with Crippen molar-refractivity contribution >= 4 is 11.7 Å². The summed E-state index contributed by atoms with van der Waals surface area (Å²) >= 11 is 0. The van der Waals surface area contributed by atoms with E-state index in [4.69, 9.17) is 15.6 Å².